The molecule has 1 fully saturated rings. The molecule has 2 unspecified atom stereocenters. The summed E-state index contributed by atoms with van der Waals surface area (Å²) in [6.45, 7) is 6.17. The lowest BCUT2D eigenvalue weighted by molar-refractivity contribution is -0.0829. The maximum Gasteiger partial charge on any atom is 0.0939 e. The fourth-order valence-electron chi connectivity index (χ4n) is 1.94. The lowest BCUT2D eigenvalue weighted by atomic mass is 9.91. The van der Waals surface area contributed by atoms with Crippen molar-refractivity contribution in [2.24, 2.45) is 0 Å². The van der Waals surface area contributed by atoms with E-state index < -0.39 is 0 Å². The van der Waals surface area contributed by atoms with Crippen LogP contribution in [0.25, 0.3) is 0 Å². The molecule has 2 nitrogen and oxygen atoms in total. The van der Waals surface area contributed by atoms with Gasteiger partial charge in [-0.15, -0.1) is 0 Å². The largest absolute Gasteiger partial charge is 0.390 e. The van der Waals surface area contributed by atoms with Crippen molar-refractivity contribution in [1.82, 2.24) is 0 Å². The van der Waals surface area contributed by atoms with Gasteiger partial charge in [0.25, 0.3) is 0 Å². The van der Waals surface area contributed by atoms with Crippen molar-refractivity contribution < 1.29 is 9.84 Å². The average Bonchev–Trinajstić information content (AvgIpc) is 2.27. The van der Waals surface area contributed by atoms with Crippen LogP contribution < -0.4 is 0 Å². The van der Waals surface area contributed by atoms with Crippen LogP contribution in [0.4, 0.5) is 0 Å². The Kier molecular flexibility index (Phi) is 2.55. The molecule has 0 aliphatic carbocycles. The van der Waals surface area contributed by atoms with E-state index in [4.69, 9.17) is 4.74 Å². The lowest BCUT2D eigenvalue weighted by Gasteiger charge is -2.29. The van der Waals surface area contributed by atoms with E-state index in [1.807, 2.05) is 6.92 Å². The van der Waals surface area contributed by atoms with Gasteiger partial charge in [0.1, 0.15) is 0 Å². The highest BCUT2D eigenvalue weighted by molar-refractivity contribution is 4.93. The summed E-state index contributed by atoms with van der Waals surface area (Å²) >= 11 is 0. The van der Waals surface area contributed by atoms with E-state index in [9.17, 15) is 5.11 Å². The second-order valence-corrected chi connectivity index (χ2v) is 3.45. The molecule has 1 heterocycles. The van der Waals surface area contributed by atoms with Gasteiger partial charge in [-0.3, -0.25) is 0 Å². The lowest BCUT2D eigenvalue weighted by Crippen LogP contribution is -2.37. The second-order valence-electron chi connectivity index (χ2n) is 3.45. The number of hydrogen-bond acceptors (Lipinski definition) is 2. The average molecular weight is 158 g/mol. The van der Waals surface area contributed by atoms with Gasteiger partial charge in [0.15, 0.2) is 0 Å². The van der Waals surface area contributed by atoms with Gasteiger partial charge in [-0.05, 0) is 19.8 Å². The summed E-state index contributed by atoms with van der Waals surface area (Å²) < 4.78 is 5.71. The molecule has 2 heteroatoms. The van der Waals surface area contributed by atoms with Crippen LogP contribution in [-0.2, 0) is 4.74 Å². The van der Waals surface area contributed by atoms with Gasteiger partial charge >= 0.3 is 0 Å². The topological polar surface area (TPSA) is 29.5 Å². The molecule has 1 N–H and O–H groups in total. The second kappa shape index (κ2) is 3.11. The smallest absolute Gasteiger partial charge is 0.0939 e. The normalized spacial score (nSPS) is 36.0. The Bertz CT molecular complexity index is 130. The minimum absolute atomic E-state index is 0.227. The van der Waals surface area contributed by atoms with Gasteiger partial charge in [0.2, 0.25) is 0 Å². The summed E-state index contributed by atoms with van der Waals surface area (Å²) in [4.78, 5) is 0. The van der Waals surface area contributed by atoms with Crippen LogP contribution in [-0.4, -0.2) is 22.9 Å². The Labute approximate surface area is 68.6 Å². The zero-order chi connectivity index (χ0) is 8.48. The first-order valence-corrected chi connectivity index (χ1v) is 4.50. The summed E-state index contributed by atoms with van der Waals surface area (Å²) in [6, 6.07) is 0. The molecule has 1 rings (SSSR count). The monoisotopic (exact) mass is 158 g/mol. The van der Waals surface area contributed by atoms with Crippen LogP contribution in [0.2, 0.25) is 0 Å². The number of ether oxygens (including phenoxy) is 1. The summed E-state index contributed by atoms with van der Waals surface area (Å²) in [5.41, 5.74) is -0.237. The Balaban J connectivity index is 2.67. The van der Waals surface area contributed by atoms with E-state index in [1.54, 1.807) is 0 Å². The highest BCUT2D eigenvalue weighted by atomic mass is 16.5. The third-order valence-electron chi connectivity index (χ3n) is 2.80. The highest BCUT2D eigenvalue weighted by Crippen LogP contribution is 2.35. The molecule has 1 saturated heterocycles. The predicted molar refractivity (Wildman–Crippen MR) is 44.5 cm³/mol. The number of hydrogen-bond donors (Lipinski definition) is 1. The summed E-state index contributed by atoms with van der Waals surface area (Å²) in [7, 11) is 0. The molecule has 2 atom stereocenters. The quantitative estimate of drug-likeness (QED) is 0.663. The van der Waals surface area contributed by atoms with Gasteiger partial charge in [-0.2, -0.15) is 0 Å². The van der Waals surface area contributed by atoms with Crippen LogP contribution in [0.15, 0.2) is 0 Å². The maximum absolute atomic E-state index is 9.68. The van der Waals surface area contributed by atoms with Gasteiger partial charge in [0, 0.05) is 6.42 Å². The van der Waals surface area contributed by atoms with Crippen molar-refractivity contribution >= 4 is 0 Å². The maximum atomic E-state index is 9.68. The first-order chi connectivity index (χ1) is 5.14. The minimum atomic E-state index is -0.257. The van der Waals surface area contributed by atoms with E-state index >= 15 is 0 Å². The molecule has 11 heavy (non-hydrogen) atoms. The summed E-state index contributed by atoms with van der Waals surface area (Å²) in [5, 5.41) is 9.68. The van der Waals surface area contributed by atoms with Crippen molar-refractivity contribution in [3.05, 3.63) is 0 Å². The van der Waals surface area contributed by atoms with E-state index in [0.717, 1.165) is 19.3 Å². The standard InChI is InChI=1S/C9H18O2/c1-4-9(5-2)8(10)6-7(3)11-9/h7-8,10H,4-6H2,1-3H3. The zero-order valence-electron chi connectivity index (χ0n) is 7.63. The van der Waals surface area contributed by atoms with Crippen molar-refractivity contribution in [3.8, 4) is 0 Å². The van der Waals surface area contributed by atoms with Gasteiger partial charge in [0.05, 0.1) is 17.8 Å². The molecular weight excluding hydrogens is 140 g/mol. The van der Waals surface area contributed by atoms with Crippen LogP contribution in [0, 0.1) is 0 Å². The zero-order valence-corrected chi connectivity index (χ0v) is 7.63. The predicted octanol–water partition coefficient (Wildman–Crippen LogP) is 1.71. The minimum Gasteiger partial charge on any atom is -0.390 e. The summed E-state index contributed by atoms with van der Waals surface area (Å²) in [6.07, 6.45) is 2.59. The van der Waals surface area contributed by atoms with Crippen molar-refractivity contribution in [1.29, 1.82) is 0 Å². The van der Waals surface area contributed by atoms with E-state index in [0.29, 0.717) is 0 Å². The molecule has 0 aromatic carbocycles. The number of rotatable bonds is 2. The Morgan fingerprint density at radius 3 is 2.18 bits per heavy atom. The van der Waals surface area contributed by atoms with Gasteiger partial charge < -0.3 is 9.84 Å². The fourth-order valence-corrected chi connectivity index (χ4v) is 1.94. The van der Waals surface area contributed by atoms with Crippen molar-refractivity contribution in [2.45, 2.75) is 57.8 Å². The van der Waals surface area contributed by atoms with E-state index in [-0.39, 0.29) is 17.8 Å². The van der Waals surface area contributed by atoms with E-state index in [1.165, 1.54) is 0 Å². The SMILES string of the molecule is CCC1(CC)OC(C)CC1O. The molecule has 66 valence electrons. The molecule has 0 aromatic rings. The number of aliphatic hydroxyl groups excluding tert-OH is 1. The van der Waals surface area contributed by atoms with Gasteiger partial charge in [-0.1, -0.05) is 13.8 Å². The van der Waals surface area contributed by atoms with E-state index in [2.05, 4.69) is 13.8 Å². The molecule has 0 spiro atoms. The van der Waals surface area contributed by atoms with Crippen molar-refractivity contribution in [3.63, 3.8) is 0 Å². The molecule has 1 aliphatic rings. The summed E-state index contributed by atoms with van der Waals surface area (Å²) in [5.74, 6) is 0. The number of aliphatic hydroxyl groups is 1. The third kappa shape index (κ3) is 1.42. The van der Waals surface area contributed by atoms with Gasteiger partial charge in [-0.25, -0.2) is 0 Å². The molecule has 0 saturated carbocycles. The van der Waals surface area contributed by atoms with Crippen molar-refractivity contribution in [2.75, 3.05) is 0 Å². The molecule has 0 bridgehead atoms. The van der Waals surface area contributed by atoms with Crippen LogP contribution in [0.3, 0.4) is 0 Å². The van der Waals surface area contributed by atoms with Crippen LogP contribution in [0.1, 0.15) is 40.0 Å². The molecule has 0 aromatic heterocycles. The molecule has 0 amide bonds. The Hall–Kier alpha value is -0.0800. The molecule has 0 radical (unpaired) electrons. The first kappa shape index (κ1) is 9.01. The third-order valence-corrected chi connectivity index (χ3v) is 2.80. The van der Waals surface area contributed by atoms with Crippen LogP contribution in [0.5, 0.6) is 0 Å². The Morgan fingerprint density at radius 1 is 1.45 bits per heavy atom. The first-order valence-electron chi connectivity index (χ1n) is 4.50. The Morgan fingerprint density at radius 2 is 2.00 bits per heavy atom. The highest BCUT2D eigenvalue weighted by Gasteiger charge is 2.43. The van der Waals surface area contributed by atoms with Crippen LogP contribution >= 0.6 is 0 Å². The molecular formula is C9H18O2. The molecule has 1 aliphatic heterocycles. The fraction of sp³-hybridized carbons (Fsp3) is 1.00.